The second kappa shape index (κ2) is 9.48. The van der Waals surface area contributed by atoms with Gasteiger partial charge in [-0.1, -0.05) is 0 Å². The summed E-state index contributed by atoms with van der Waals surface area (Å²) in [6.45, 7) is 3.28. The number of rotatable bonds is 7. The first-order chi connectivity index (χ1) is 14.9. The largest absolute Gasteiger partial charge is 0.493 e. The molecule has 1 aromatic heterocycles. The zero-order chi connectivity index (χ0) is 21.8. The number of aromatic nitrogens is 2. The van der Waals surface area contributed by atoms with Crippen molar-refractivity contribution < 1.29 is 23.0 Å². The maximum atomic E-state index is 13.3. The number of benzene rings is 1. The highest BCUT2D eigenvalue weighted by atomic mass is 19.3. The predicted molar refractivity (Wildman–Crippen MR) is 112 cm³/mol. The molecule has 2 fully saturated rings. The van der Waals surface area contributed by atoms with Crippen LogP contribution in [0.2, 0.25) is 0 Å². The number of aromatic amines is 1. The van der Waals surface area contributed by atoms with Crippen molar-refractivity contribution in [3.63, 3.8) is 0 Å². The van der Waals surface area contributed by atoms with Crippen molar-refractivity contribution in [2.24, 2.45) is 0 Å². The molecule has 0 atom stereocenters. The van der Waals surface area contributed by atoms with Crippen LogP contribution in [-0.2, 0) is 4.74 Å². The van der Waals surface area contributed by atoms with E-state index in [0.717, 1.165) is 12.8 Å². The number of H-pyrrole nitrogens is 1. The Morgan fingerprint density at radius 3 is 2.68 bits per heavy atom. The Bertz CT molecular complexity index is 950. The van der Waals surface area contributed by atoms with Crippen LogP contribution >= 0.6 is 0 Å². The van der Waals surface area contributed by atoms with Gasteiger partial charge < -0.3 is 24.1 Å². The van der Waals surface area contributed by atoms with E-state index in [9.17, 15) is 13.6 Å². The summed E-state index contributed by atoms with van der Waals surface area (Å²) in [6.07, 6.45) is 2.21. The Balaban J connectivity index is 1.43. The highest BCUT2D eigenvalue weighted by Crippen LogP contribution is 2.32. The average molecular weight is 437 g/mol. The second-order valence-corrected chi connectivity index (χ2v) is 8.26. The summed E-state index contributed by atoms with van der Waals surface area (Å²) in [5, 5.41) is 0.453. The molecule has 2 aromatic rings. The molecule has 0 radical (unpaired) electrons. The van der Waals surface area contributed by atoms with Crippen LogP contribution in [0.1, 0.15) is 43.8 Å². The van der Waals surface area contributed by atoms with Gasteiger partial charge >= 0.3 is 0 Å². The van der Waals surface area contributed by atoms with Crippen LogP contribution in [-0.4, -0.2) is 67.4 Å². The van der Waals surface area contributed by atoms with Crippen molar-refractivity contribution in [3.8, 4) is 11.5 Å². The lowest BCUT2D eigenvalue weighted by atomic mass is 9.99. The molecule has 170 valence electrons. The van der Waals surface area contributed by atoms with Crippen LogP contribution < -0.4 is 15.0 Å². The van der Waals surface area contributed by atoms with Gasteiger partial charge in [-0.25, -0.2) is 13.8 Å². The molecule has 4 rings (SSSR count). The number of alkyl halides is 2. The molecule has 2 aliphatic rings. The number of nitrogens with one attached hydrogen (secondary N) is 1. The molecular weight excluding hydrogens is 408 g/mol. The molecule has 9 heteroatoms. The van der Waals surface area contributed by atoms with Crippen molar-refractivity contribution in [3.05, 3.63) is 28.3 Å². The fraction of sp³-hybridized carbons (Fsp3) is 0.636. The zero-order valence-corrected chi connectivity index (χ0v) is 17.8. The summed E-state index contributed by atoms with van der Waals surface area (Å²) in [5.74, 6) is -0.680. The minimum absolute atomic E-state index is 0.0813. The van der Waals surface area contributed by atoms with E-state index in [4.69, 9.17) is 14.2 Å². The Hall–Kier alpha value is -2.26. The SMILES string of the molecule is COc1cc2c(=O)[nH]c(C3CCOCC3)nc2cc1OCCCN1CCC(F)(F)CC1. The van der Waals surface area contributed by atoms with Crippen molar-refractivity contribution in [2.45, 2.75) is 43.9 Å². The van der Waals surface area contributed by atoms with Gasteiger partial charge in [0.2, 0.25) is 0 Å². The van der Waals surface area contributed by atoms with Gasteiger partial charge in [0.25, 0.3) is 11.5 Å². The maximum Gasteiger partial charge on any atom is 0.258 e. The molecule has 0 unspecified atom stereocenters. The first-order valence-electron chi connectivity index (χ1n) is 10.9. The van der Waals surface area contributed by atoms with Gasteiger partial charge in [-0.2, -0.15) is 0 Å². The molecule has 0 spiro atoms. The Morgan fingerprint density at radius 1 is 1.23 bits per heavy atom. The van der Waals surface area contributed by atoms with Gasteiger partial charge in [0.1, 0.15) is 5.82 Å². The van der Waals surface area contributed by atoms with E-state index in [1.807, 2.05) is 4.90 Å². The van der Waals surface area contributed by atoms with Crippen molar-refractivity contribution in [2.75, 3.05) is 46.6 Å². The summed E-state index contributed by atoms with van der Waals surface area (Å²) in [4.78, 5) is 22.3. The van der Waals surface area contributed by atoms with Gasteiger partial charge in [-0.05, 0) is 25.3 Å². The van der Waals surface area contributed by atoms with E-state index in [1.54, 1.807) is 12.1 Å². The number of hydrogen-bond donors (Lipinski definition) is 1. The van der Waals surface area contributed by atoms with E-state index >= 15 is 0 Å². The number of methoxy groups -OCH3 is 1. The number of fused-ring (bicyclic) bond motifs is 1. The lowest BCUT2D eigenvalue weighted by Crippen LogP contribution is -2.40. The molecule has 0 saturated carbocycles. The van der Waals surface area contributed by atoms with Crippen LogP contribution in [0.5, 0.6) is 11.5 Å². The van der Waals surface area contributed by atoms with E-state index in [1.165, 1.54) is 7.11 Å². The molecule has 1 aromatic carbocycles. The highest BCUT2D eigenvalue weighted by Gasteiger charge is 2.33. The number of nitrogens with zero attached hydrogens (tertiary/aromatic N) is 2. The number of ether oxygens (including phenoxy) is 3. The fourth-order valence-corrected chi connectivity index (χ4v) is 4.18. The lowest BCUT2D eigenvalue weighted by molar-refractivity contribution is -0.0554. The molecule has 1 N–H and O–H groups in total. The standard InChI is InChI=1S/C22H29F2N3O4/c1-29-18-13-16-17(25-20(26-21(16)28)15-3-11-30-12-4-15)14-19(18)31-10-2-7-27-8-5-22(23,24)6-9-27/h13-15H,2-12H2,1H3,(H,25,26,28). The number of likely N-dealkylation sites (tertiary alicyclic amines) is 1. The molecule has 2 saturated heterocycles. The minimum atomic E-state index is -2.53. The minimum Gasteiger partial charge on any atom is -0.493 e. The Morgan fingerprint density at radius 2 is 1.97 bits per heavy atom. The van der Waals surface area contributed by atoms with Gasteiger partial charge in [0.05, 0.1) is 24.6 Å². The summed E-state index contributed by atoms with van der Waals surface area (Å²) < 4.78 is 43.3. The second-order valence-electron chi connectivity index (χ2n) is 8.26. The van der Waals surface area contributed by atoms with Gasteiger partial charge in [-0.15, -0.1) is 0 Å². The van der Waals surface area contributed by atoms with Crippen LogP contribution in [0.15, 0.2) is 16.9 Å². The topological polar surface area (TPSA) is 76.7 Å². The van der Waals surface area contributed by atoms with Gasteiger partial charge in [0.15, 0.2) is 11.5 Å². The summed E-state index contributed by atoms with van der Waals surface area (Å²) >= 11 is 0. The summed E-state index contributed by atoms with van der Waals surface area (Å²) in [5.41, 5.74) is 0.373. The van der Waals surface area contributed by atoms with Gasteiger partial charge in [0, 0.05) is 57.7 Å². The molecule has 31 heavy (non-hydrogen) atoms. The highest BCUT2D eigenvalue weighted by molar-refractivity contribution is 5.81. The molecule has 0 bridgehead atoms. The zero-order valence-electron chi connectivity index (χ0n) is 17.8. The third kappa shape index (κ3) is 5.33. The van der Waals surface area contributed by atoms with E-state index in [2.05, 4.69) is 9.97 Å². The summed E-state index contributed by atoms with van der Waals surface area (Å²) in [6, 6.07) is 3.39. The molecule has 3 heterocycles. The first kappa shape index (κ1) is 22.0. The molecule has 7 nitrogen and oxygen atoms in total. The maximum absolute atomic E-state index is 13.3. The number of halogens is 2. The van der Waals surface area contributed by atoms with Crippen molar-refractivity contribution in [1.29, 1.82) is 0 Å². The van der Waals surface area contributed by atoms with Gasteiger partial charge in [-0.3, -0.25) is 4.79 Å². The smallest absolute Gasteiger partial charge is 0.258 e. The van der Waals surface area contributed by atoms with Crippen LogP contribution in [0.25, 0.3) is 10.9 Å². The third-order valence-electron chi connectivity index (χ3n) is 6.08. The molecular formula is C22H29F2N3O4. The van der Waals surface area contributed by atoms with Crippen LogP contribution in [0.4, 0.5) is 8.78 Å². The van der Waals surface area contributed by atoms with E-state index in [-0.39, 0.29) is 24.3 Å². The quantitative estimate of drug-likeness (QED) is 0.670. The fourth-order valence-electron chi connectivity index (χ4n) is 4.18. The molecule has 2 aliphatic heterocycles. The lowest BCUT2D eigenvalue weighted by Gasteiger charge is -2.31. The number of hydrogen-bond acceptors (Lipinski definition) is 6. The van der Waals surface area contributed by atoms with Crippen molar-refractivity contribution >= 4 is 10.9 Å². The van der Waals surface area contributed by atoms with Crippen molar-refractivity contribution in [1.82, 2.24) is 14.9 Å². The number of piperidine rings is 1. The normalized spacial score (nSPS) is 20.1. The Kier molecular flexibility index (Phi) is 6.71. The Labute approximate surface area is 179 Å². The van der Waals surface area contributed by atoms with Crippen LogP contribution in [0.3, 0.4) is 0 Å². The molecule has 0 amide bonds. The first-order valence-corrected chi connectivity index (χ1v) is 10.9. The predicted octanol–water partition coefficient (Wildman–Crippen LogP) is 3.33. The summed E-state index contributed by atoms with van der Waals surface area (Å²) in [7, 11) is 1.53. The molecule has 0 aliphatic carbocycles. The third-order valence-corrected chi connectivity index (χ3v) is 6.08. The average Bonchev–Trinajstić information content (AvgIpc) is 2.77. The van der Waals surface area contributed by atoms with E-state index in [0.29, 0.717) is 74.1 Å². The van der Waals surface area contributed by atoms with E-state index < -0.39 is 5.92 Å². The van der Waals surface area contributed by atoms with Crippen LogP contribution in [0, 0.1) is 0 Å². The monoisotopic (exact) mass is 437 g/mol.